The van der Waals surface area contributed by atoms with Gasteiger partial charge in [0, 0.05) is 22.6 Å². The Bertz CT molecular complexity index is 510. The van der Waals surface area contributed by atoms with Gasteiger partial charge in [-0.05, 0) is 30.7 Å². The van der Waals surface area contributed by atoms with Gasteiger partial charge in [0.1, 0.15) is 0 Å². The Morgan fingerprint density at radius 1 is 1.41 bits per heavy atom. The van der Waals surface area contributed by atoms with Crippen LogP contribution in [0.15, 0.2) is 44.9 Å². The minimum absolute atomic E-state index is 0.674. The third-order valence-electron chi connectivity index (χ3n) is 2.36. The normalized spacial score (nSPS) is 10.8. The van der Waals surface area contributed by atoms with E-state index in [2.05, 4.69) is 39.2 Å². The first-order chi connectivity index (χ1) is 8.19. The van der Waals surface area contributed by atoms with Crippen molar-refractivity contribution < 1.29 is 0 Å². The summed E-state index contributed by atoms with van der Waals surface area (Å²) in [7, 11) is 1.92. The van der Waals surface area contributed by atoms with Gasteiger partial charge in [-0.15, -0.1) is 0 Å². The zero-order valence-corrected chi connectivity index (χ0v) is 12.0. The lowest BCUT2D eigenvalue weighted by atomic mass is 10.1. The molecule has 0 atom stereocenters. The fourth-order valence-electron chi connectivity index (χ4n) is 1.54. The minimum atomic E-state index is 0.674. The maximum absolute atomic E-state index is 5.56. The summed E-state index contributed by atoms with van der Waals surface area (Å²) in [6.45, 7) is 0.674. The van der Waals surface area contributed by atoms with E-state index in [9.17, 15) is 0 Å². The predicted octanol–water partition coefficient (Wildman–Crippen LogP) is 2.83. The standard InChI is InChI=1S/C12H14BrN3S/c1-16-8-11(7-15-16)17-10-3-2-9(4-5-14)12(13)6-10/h2-3,6-8H,4-5,14H2,1H3. The van der Waals surface area contributed by atoms with E-state index in [0.29, 0.717) is 6.54 Å². The monoisotopic (exact) mass is 311 g/mol. The summed E-state index contributed by atoms with van der Waals surface area (Å²) in [5, 5.41) is 4.15. The first-order valence-electron chi connectivity index (χ1n) is 5.34. The molecule has 3 nitrogen and oxygen atoms in total. The van der Waals surface area contributed by atoms with Crippen LogP contribution in [-0.4, -0.2) is 16.3 Å². The summed E-state index contributed by atoms with van der Waals surface area (Å²) >= 11 is 5.28. The van der Waals surface area contributed by atoms with Gasteiger partial charge in [-0.2, -0.15) is 5.10 Å². The highest BCUT2D eigenvalue weighted by molar-refractivity contribution is 9.10. The van der Waals surface area contributed by atoms with E-state index in [4.69, 9.17) is 5.73 Å². The molecule has 0 saturated heterocycles. The van der Waals surface area contributed by atoms with Crippen LogP contribution in [0.25, 0.3) is 0 Å². The summed E-state index contributed by atoms with van der Waals surface area (Å²) < 4.78 is 2.93. The first-order valence-corrected chi connectivity index (χ1v) is 6.95. The molecule has 0 aliphatic heterocycles. The van der Waals surface area contributed by atoms with Crippen molar-refractivity contribution in [1.82, 2.24) is 9.78 Å². The van der Waals surface area contributed by atoms with Crippen molar-refractivity contribution in [3.05, 3.63) is 40.6 Å². The highest BCUT2D eigenvalue weighted by Crippen LogP contribution is 2.30. The maximum Gasteiger partial charge on any atom is 0.0629 e. The van der Waals surface area contributed by atoms with E-state index < -0.39 is 0 Å². The van der Waals surface area contributed by atoms with E-state index >= 15 is 0 Å². The molecule has 0 unspecified atom stereocenters. The fraction of sp³-hybridized carbons (Fsp3) is 0.250. The number of benzene rings is 1. The third kappa shape index (κ3) is 3.34. The molecule has 0 aliphatic rings. The molecule has 1 aromatic carbocycles. The average Bonchev–Trinajstić information content (AvgIpc) is 2.68. The SMILES string of the molecule is Cn1cc(Sc2ccc(CCN)c(Br)c2)cn1. The van der Waals surface area contributed by atoms with Crippen molar-refractivity contribution in [2.45, 2.75) is 16.2 Å². The summed E-state index contributed by atoms with van der Waals surface area (Å²) in [5.74, 6) is 0. The largest absolute Gasteiger partial charge is 0.330 e. The van der Waals surface area contributed by atoms with Crippen LogP contribution in [0, 0.1) is 0 Å². The van der Waals surface area contributed by atoms with Gasteiger partial charge < -0.3 is 5.73 Å². The topological polar surface area (TPSA) is 43.8 Å². The molecule has 2 N–H and O–H groups in total. The fourth-order valence-corrected chi connectivity index (χ4v) is 3.16. The number of nitrogens with two attached hydrogens (primary N) is 1. The Kier molecular flexibility index (Phi) is 4.25. The van der Waals surface area contributed by atoms with Gasteiger partial charge in [0.05, 0.1) is 11.1 Å². The van der Waals surface area contributed by atoms with Crippen molar-refractivity contribution in [3.8, 4) is 0 Å². The smallest absolute Gasteiger partial charge is 0.0629 e. The summed E-state index contributed by atoms with van der Waals surface area (Å²) in [6, 6.07) is 6.37. The van der Waals surface area contributed by atoms with Gasteiger partial charge in [-0.25, -0.2) is 0 Å². The van der Waals surface area contributed by atoms with Crippen LogP contribution in [0.3, 0.4) is 0 Å². The molecule has 0 saturated carbocycles. The van der Waals surface area contributed by atoms with Gasteiger partial charge in [0.2, 0.25) is 0 Å². The van der Waals surface area contributed by atoms with Crippen LogP contribution in [0.2, 0.25) is 0 Å². The van der Waals surface area contributed by atoms with Crippen molar-refractivity contribution in [2.75, 3.05) is 6.54 Å². The lowest BCUT2D eigenvalue weighted by Gasteiger charge is -2.05. The predicted molar refractivity (Wildman–Crippen MR) is 74.2 cm³/mol. The van der Waals surface area contributed by atoms with Crippen LogP contribution >= 0.6 is 27.7 Å². The van der Waals surface area contributed by atoms with Crippen LogP contribution in [0.5, 0.6) is 0 Å². The summed E-state index contributed by atoms with van der Waals surface area (Å²) in [6.07, 6.45) is 4.77. The van der Waals surface area contributed by atoms with Gasteiger partial charge >= 0.3 is 0 Å². The molecule has 0 bridgehead atoms. The van der Waals surface area contributed by atoms with E-state index in [1.165, 1.54) is 10.5 Å². The lowest BCUT2D eigenvalue weighted by Crippen LogP contribution is -2.03. The molecular formula is C12H14BrN3S. The van der Waals surface area contributed by atoms with Crippen molar-refractivity contribution in [3.63, 3.8) is 0 Å². The van der Waals surface area contributed by atoms with Crippen LogP contribution < -0.4 is 5.73 Å². The second-order valence-electron chi connectivity index (χ2n) is 3.74. The Balaban J connectivity index is 2.14. The van der Waals surface area contributed by atoms with E-state index in [1.807, 2.05) is 19.4 Å². The van der Waals surface area contributed by atoms with Crippen LogP contribution in [0.4, 0.5) is 0 Å². The molecule has 5 heteroatoms. The van der Waals surface area contributed by atoms with Gasteiger partial charge in [-0.3, -0.25) is 4.68 Å². The number of nitrogens with zero attached hydrogens (tertiary/aromatic N) is 2. The molecule has 1 aromatic heterocycles. The van der Waals surface area contributed by atoms with Crippen molar-refractivity contribution >= 4 is 27.7 Å². The van der Waals surface area contributed by atoms with Crippen LogP contribution in [-0.2, 0) is 13.5 Å². The second-order valence-corrected chi connectivity index (χ2v) is 5.74. The summed E-state index contributed by atoms with van der Waals surface area (Å²) in [4.78, 5) is 2.34. The second kappa shape index (κ2) is 5.71. The number of aryl methyl sites for hydroxylation is 1. The zero-order chi connectivity index (χ0) is 12.3. The molecule has 1 heterocycles. The Morgan fingerprint density at radius 2 is 2.24 bits per heavy atom. The highest BCUT2D eigenvalue weighted by atomic mass is 79.9. The average molecular weight is 312 g/mol. The first kappa shape index (κ1) is 12.7. The van der Waals surface area contributed by atoms with E-state index in [-0.39, 0.29) is 0 Å². The Morgan fingerprint density at radius 3 is 2.82 bits per heavy atom. The van der Waals surface area contributed by atoms with Gasteiger partial charge in [0.15, 0.2) is 0 Å². The molecule has 2 rings (SSSR count). The van der Waals surface area contributed by atoms with E-state index in [0.717, 1.165) is 15.8 Å². The Hall–Kier alpha value is -0.780. The third-order valence-corrected chi connectivity index (χ3v) is 4.03. The molecular weight excluding hydrogens is 298 g/mol. The quantitative estimate of drug-likeness (QED) is 0.944. The molecule has 0 fully saturated rings. The molecule has 0 aliphatic carbocycles. The van der Waals surface area contributed by atoms with Crippen molar-refractivity contribution in [1.29, 1.82) is 0 Å². The van der Waals surface area contributed by atoms with Gasteiger partial charge in [-0.1, -0.05) is 33.8 Å². The van der Waals surface area contributed by atoms with Gasteiger partial charge in [0.25, 0.3) is 0 Å². The summed E-state index contributed by atoms with van der Waals surface area (Å²) in [5.41, 5.74) is 6.81. The van der Waals surface area contributed by atoms with Crippen LogP contribution in [0.1, 0.15) is 5.56 Å². The molecule has 2 aromatic rings. The number of halogens is 1. The molecule has 0 amide bonds. The number of rotatable bonds is 4. The highest BCUT2D eigenvalue weighted by Gasteiger charge is 2.03. The minimum Gasteiger partial charge on any atom is -0.330 e. The number of aromatic nitrogens is 2. The lowest BCUT2D eigenvalue weighted by molar-refractivity contribution is 0.766. The van der Waals surface area contributed by atoms with Crippen molar-refractivity contribution in [2.24, 2.45) is 12.8 Å². The molecule has 17 heavy (non-hydrogen) atoms. The number of hydrogen-bond acceptors (Lipinski definition) is 3. The molecule has 0 radical (unpaired) electrons. The Labute approximate surface area is 114 Å². The van der Waals surface area contributed by atoms with E-state index in [1.54, 1.807) is 16.4 Å². The maximum atomic E-state index is 5.56. The molecule has 90 valence electrons. The number of hydrogen-bond donors (Lipinski definition) is 1. The molecule has 0 spiro atoms. The zero-order valence-electron chi connectivity index (χ0n) is 9.56.